The average molecular weight is 379 g/mol. The Bertz CT molecular complexity index is 826. The number of anilines is 1. The SMILES string of the molecule is Cc1cc(C)cc(CC(CC(=O)Nc2cccc(C(F)(F)F)c2)C(=O)O)c1. The summed E-state index contributed by atoms with van der Waals surface area (Å²) in [6, 6.07) is 9.89. The molecule has 144 valence electrons. The zero-order valence-electron chi connectivity index (χ0n) is 14.9. The minimum atomic E-state index is -4.52. The summed E-state index contributed by atoms with van der Waals surface area (Å²) < 4.78 is 38.2. The number of hydrogen-bond donors (Lipinski definition) is 2. The lowest BCUT2D eigenvalue weighted by molar-refractivity contribution is -0.143. The van der Waals surface area contributed by atoms with Crippen LogP contribution >= 0.6 is 0 Å². The van der Waals surface area contributed by atoms with E-state index in [-0.39, 0.29) is 18.5 Å². The fourth-order valence-corrected chi connectivity index (χ4v) is 2.93. The molecule has 1 amide bonds. The quantitative estimate of drug-likeness (QED) is 0.771. The van der Waals surface area contributed by atoms with Gasteiger partial charge in [0.25, 0.3) is 0 Å². The first-order valence-electron chi connectivity index (χ1n) is 8.31. The van der Waals surface area contributed by atoms with E-state index in [2.05, 4.69) is 5.32 Å². The molecule has 0 radical (unpaired) electrons. The van der Waals surface area contributed by atoms with Gasteiger partial charge in [0.2, 0.25) is 5.91 Å². The third-order valence-electron chi connectivity index (χ3n) is 4.02. The Kier molecular flexibility index (Phi) is 6.25. The van der Waals surface area contributed by atoms with Crippen molar-refractivity contribution in [3.05, 3.63) is 64.7 Å². The van der Waals surface area contributed by atoms with Gasteiger partial charge in [0.05, 0.1) is 11.5 Å². The highest BCUT2D eigenvalue weighted by Crippen LogP contribution is 2.30. The second-order valence-corrected chi connectivity index (χ2v) is 6.57. The zero-order valence-corrected chi connectivity index (χ0v) is 14.9. The summed E-state index contributed by atoms with van der Waals surface area (Å²) in [7, 11) is 0. The summed E-state index contributed by atoms with van der Waals surface area (Å²) in [5.41, 5.74) is 1.87. The van der Waals surface area contributed by atoms with E-state index in [9.17, 15) is 27.9 Å². The van der Waals surface area contributed by atoms with Crippen LogP contribution in [0.25, 0.3) is 0 Å². The first kappa shape index (κ1) is 20.5. The van der Waals surface area contributed by atoms with Gasteiger partial charge < -0.3 is 10.4 Å². The van der Waals surface area contributed by atoms with Crippen LogP contribution in [0.4, 0.5) is 18.9 Å². The van der Waals surface area contributed by atoms with E-state index in [1.807, 2.05) is 32.0 Å². The maximum Gasteiger partial charge on any atom is 0.416 e. The lowest BCUT2D eigenvalue weighted by atomic mass is 9.94. The van der Waals surface area contributed by atoms with Crippen molar-refractivity contribution in [2.24, 2.45) is 5.92 Å². The molecule has 0 aromatic heterocycles. The molecule has 2 aromatic rings. The van der Waals surface area contributed by atoms with Crippen molar-refractivity contribution >= 4 is 17.6 Å². The number of carboxylic acids is 1. The molecule has 0 heterocycles. The summed E-state index contributed by atoms with van der Waals surface area (Å²) >= 11 is 0. The van der Waals surface area contributed by atoms with Crippen molar-refractivity contribution in [2.75, 3.05) is 5.32 Å². The highest BCUT2D eigenvalue weighted by molar-refractivity contribution is 5.93. The van der Waals surface area contributed by atoms with Crippen molar-refractivity contribution in [1.82, 2.24) is 0 Å². The molecule has 7 heteroatoms. The molecule has 2 aromatic carbocycles. The molecule has 1 atom stereocenters. The van der Waals surface area contributed by atoms with Crippen LogP contribution in [0.15, 0.2) is 42.5 Å². The molecule has 0 aliphatic rings. The lowest BCUT2D eigenvalue weighted by Crippen LogP contribution is -2.24. The molecule has 0 spiro atoms. The maximum atomic E-state index is 12.7. The summed E-state index contributed by atoms with van der Waals surface area (Å²) in [6.07, 6.45) is -4.69. The molecule has 2 rings (SSSR count). The maximum absolute atomic E-state index is 12.7. The minimum Gasteiger partial charge on any atom is -0.481 e. The standard InChI is InChI=1S/C20H20F3NO3/c1-12-6-13(2)8-14(7-12)9-15(19(26)27)10-18(25)24-17-5-3-4-16(11-17)20(21,22)23/h3-8,11,15H,9-10H2,1-2H3,(H,24,25)(H,26,27). The molecule has 0 aliphatic heterocycles. The van der Waals surface area contributed by atoms with Gasteiger partial charge >= 0.3 is 12.1 Å². The van der Waals surface area contributed by atoms with Gasteiger partial charge in [-0.2, -0.15) is 13.2 Å². The van der Waals surface area contributed by atoms with Gasteiger partial charge in [-0.1, -0.05) is 35.4 Å². The number of nitrogens with one attached hydrogen (secondary N) is 1. The van der Waals surface area contributed by atoms with Crippen molar-refractivity contribution < 1.29 is 27.9 Å². The van der Waals surface area contributed by atoms with Gasteiger partial charge in [-0.15, -0.1) is 0 Å². The number of carboxylic acid groups (broad SMARTS) is 1. The Morgan fingerprint density at radius 1 is 1.07 bits per heavy atom. The Morgan fingerprint density at radius 2 is 1.70 bits per heavy atom. The second kappa shape index (κ2) is 8.24. The number of rotatable bonds is 6. The van der Waals surface area contributed by atoms with Crippen LogP contribution in [0, 0.1) is 19.8 Å². The van der Waals surface area contributed by atoms with E-state index in [0.29, 0.717) is 0 Å². The largest absolute Gasteiger partial charge is 0.481 e. The number of carbonyl (C=O) groups excluding carboxylic acids is 1. The van der Waals surface area contributed by atoms with Crippen molar-refractivity contribution in [3.63, 3.8) is 0 Å². The van der Waals surface area contributed by atoms with Crippen LogP contribution in [0.5, 0.6) is 0 Å². The molecule has 0 fully saturated rings. The predicted molar refractivity (Wildman–Crippen MR) is 95.4 cm³/mol. The van der Waals surface area contributed by atoms with Crippen LogP contribution in [0.3, 0.4) is 0 Å². The van der Waals surface area contributed by atoms with Crippen LogP contribution in [-0.2, 0) is 22.2 Å². The van der Waals surface area contributed by atoms with E-state index >= 15 is 0 Å². The Labute approximate surface area is 155 Å². The molecule has 0 saturated heterocycles. The highest BCUT2D eigenvalue weighted by Gasteiger charge is 2.30. The topological polar surface area (TPSA) is 66.4 Å². The molecule has 4 nitrogen and oxygen atoms in total. The number of alkyl halides is 3. The molecular weight excluding hydrogens is 359 g/mol. The molecular formula is C20H20F3NO3. The third-order valence-corrected chi connectivity index (χ3v) is 4.02. The molecule has 27 heavy (non-hydrogen) atoms. The Morgan fingerprint density at radius 3 is 2.26 bits per heavy atom. The fraction of sp³-hybridized carbons (Fsp3) is 0.300. The second-order valence-electron chi connectivity index (χ2n) is 6.57. The van der Waals surface area contributed by atoms with Crippen molar-refractivity contribution in [1.29, 1.82) is 0 Å². The molecule has 0 saturated carbocycles. The molecule has 0 bridgehead atoms. The van der Waals surface area contributed by atoms with Crippen molar-refractivity contribution in [2.45, 2.75) is 32.9 Å². The molecule has 2 N–H and O–H groups in total. The van der Waals surface area contributed by atoms with E-state index in [1.54, 1.807) is 0 Å². The number of benzene rings is 2. The summed E-state index contributed by atoms with van der Waals surface area (Å²) in [5.74, 6) is -2.75. The van der Waals surface area contributed by atoms with Crippen LogP contribution in [0.1, 0.15) is 28.7 Å². The van der Waals surface area contributed by atoms with Crippen LogP contribution in [0.2, 0.25) is 0 Å². The first-order valence-corrected chi connectivity index (χ1v) is 8.31. The minimum absolute atomic E-state index is 0.0228. The number of carbonyl (C=O) groups is 2. The van der Waals surface area contributed by atoms with E-state index < -0.39 is 29.5 Å². The summed E-state index contributed by atoms with van der Waals surface area (Å²) in [4.78, 5) is 23.7. The van der Waals surface area contributed by atoms with E-state index in [1.165, 1.54) is 12.1 Å². The van der Waals surface area contributed by atoms with Gasteiger partial charge in [-0.05, 0) is 44.0 Å². The Balaban J connectivity index is 2.08. The average Bonchev–Trinajstić information content (AvgIpc) is 2.52. The smallest absolute Gasteiger partial charge is 0.416 e. The first-order chi connectivity index (χ1) is 12.5. The number of aryl methyl sites for hydroxylation is 2. The van der Waals surface area contributed by atoms with Gasteiger partial charge in [-0.25, -0.2) is 0 Å². The number of amides is 1. The number of hydrogen-bond acceptors (Lipinski definition) is 2. The van der Waals surface area contributed by atoms with E-state index in [0.717, 1.165) is 28.8 Å². The van der Waals surface area contributed by atoms with Gasteiger partial charge in [-0.3, -0.25) is 9.59 Å². The molecule has 0 aliphatic carbocycles. The summed E-state index contributed by atoms with van der Waals surface area (Å²) in [5, 5.41) is 11.8. The normalized spacial score (nSPS) is 12.5. The number of halogens is 3. The van der Waals surface area contributed by atoms with Crippen molar-refractivity contribution in [3.8, 4) is 0 Å². The van der Waals surface area contributed by atoms with Crippen LogP contribution in [-0.4, -0.2) is 17.0 Å². The predicted octanol–water partition coefficient (Wildman–Crippen LogP) is 4.59. The fourth-order valence-electron chi connectivity index (χ4n) is 2.93. The monoisotopic (exact) mass is 379 g/mol. The van der Waals surface area contributed by atoms with Gasteiger partial charge in [0.15, 0.2) is 0 Å². The van der Waals surface area contributed by atoms with Gasteiger partial charge in [0, 0.05) is 12.1 Å². The third kappa shape index (κ3) is 6.13. The lowest BCUT2D eigenvalue weighted by Gasteiger charge is -2.14. The highest BCUT2D eigenvalue weighted by atomic mass is 19.4. The number of aliphatic carboxylic acids is 1. The Hall–Kier alpha value is -2.83. The van der Waals surface area contributed by atoms with E-state index in [4.69, 9.17) is 0 Å². The van der Waals surface area contributed by atoms with Gasteiger partial charge in [0.1, 0.15) is 0 Å². The van der Waals surface area contributed by atoms with Crippen LogP contribution < -0.4 is 5.32 Å². The zero-order chi connectivity index (χ0) is 20.2. The summed E-state index contributed by atoms with van der Waals surface area (Å²) in [6.45, 7) is 3.79. The molecule has 1 unspecified atom stereocenters.